The SMILES string of the molecule is CNCC1CCC(C)(C)CC1C1CCOC2(CCSC2)C1. The molecular weight excluding hydrogens is 278 g/mol. The highest BCUT2D eigenvalue weighted by molar-refractivity contribution is 7.99. The van der Waals surface area contributed by atoms with Crippen molar-refractivity contribution in [1.82, 2.24) is 5.32 Å². The van der Waals surface area contributed by atoms with Crippen molar-refractivity contribution in [3.8, 4) is 0 Å². The second-order valence-corrected chi connectivity index (χ2v) is 9.58. The molecule has 4 atom stereocenters. The Balaban J connectivity index is 1.71. The Morgan fingerprint density at radius 2 is 2.05 bits per heavy atom. The Morgan fingerprint density at radius 3 is 2.76 bits per heavy atom. The van der Waals surface area contributed by atoms with Crippen molar-refractivity contribution in [3.63, 3.8) is 0 Å². The quantitative estimate of drug-likeness (QED) is 0.852. The molecule has 1 aliphatic carbocycles. The molecule has 21 heavy (non-hydrogen) atoms. The molecule has 2 aliphatic heterocycles. The van der Waals surface area contributed by atoms with Gasteiger partial charge in [0.2, 0.25) is 0 Å². The third-order valence-electron chi connectivity index (χ3n) is 6.26. The summed E-state index contributed by atoms with van der Waals surface area (Å²) in [5.74, 6) is 5.25. The van der Waals surface area contributed by atoms with Crippen LogP contribution in [-0.2, 0) is 4.74 Å². The van der Waals surface area contributed by atoms with Crippen LogP contribution in [0.15, 0.2) is 0 Å². The molecule has 1 saturated carbocycles. The molecule has 1 N–H and O–H groups in total. The standard InChI is InChI=1S/C18H33NOS/c1-17(2)6-4-15(12-19-3)16(11-17)14-5-8-20-18(10-14)7-9-21-13-18/h14-16,19H,4-13H2,1-3H3. The molecule has 0 bridgehead atoms. The number of nitrogens with one attached hydrogen (secondary N) is 1. The van der Waals surface area contributed by atoms with Crippen LogP contribution in [0.25, 0.3) is 0 Å². The summed E-state index contributed by atoms with van der Waals surface area (Å²) in [6.07, 6.45) is 8.17. The average molecular weight is 312 g/mol. The van der Waals surface area contributed by atoms with E-state index in [1.165, 1.54) is 56.6 Å². The summed E-state index contributed by atoms with van der Waals surface area (Å²) < 4.78 is 6.26. The minimum atomic E-state index is 0.249. The molecule has 1 spiro atoms. The van der Waals surface area contributed by atoms with Crippen molar-refractivity contribution >= 4 is 11.8 Å². The van der Waals surface area contributed by atoms with Crippen LogP contribution in [0.5, 0.6) is 0 Å². The molecular formula is C18H33NOS. The smallest absolute Gasteiger partial charge is 0.0783 e. The minimum Gasteiger partial charge on any atom is -0.374 e. The molecule has 122 valence electrons. The van der Waals surface area contributed by atoms with E-state index >= 15 is 0 Å². The first kappa shape index (κ1) is 16.1. The van der Waals surface area contributed by atoms with E-state index in [-0.39, 0.29) is 5.60 Å². The first-order valence-corrected chi connectivity index (χ1v) is 10.1. The van der Waals surface area contributed by atoms with E-state index in [1.807, 2.05) is 0 Å². The monoisotopic (exact) mass is 311 g/mol. The van der Waals surface area contributed by atoms with Crippen LogP contribution in [0, 0.1) is 23.2 Å². The van der Waals surface area contributed by atoms with E-state index in [4.69, 9.17) is 4.74 Å². The summed E-state index contributed by atoms with van der Waals surface area (Å²) in [4.78, 5) is 0. The number of thioether (sulfide) groups is 1. The molecule has 3 fully saturated rings. The van der Waals surface area contributed by atoms with Crippen LogP contribution < -0.4 is 5.32 Å². The molecule has 0 radical (unpaired) electrons. The van der Waals surface area contributed by atoms with Crippen LogP contribution in [0.4, 0.5) is 0 Å². The van der Waals surface area contributed by atoms with Crippen molar-refractivity contribution in [1.29, 1.82) is 0 Å². The lowest BCUT2D eigenvalue weighted by atomic mass is 9.61. The third kappa shape index (κ3) is 3.61. The predicted molar refractivity (Wildman–Crippen MR) is 91.9 cm³/mol. The van der Waals surface area contributed by atoms with Gasteiger partial charge in [-0.05, 0) is 81.0 Å². The summed E-state index contributed by atoms with van der Waals surface area (Å²) in [6.45, 7) is 7.18. The first-order chi connectivity index (χ1) is 10.0. The first-order valence-electron chi connectivity index (χ1n) is 8.90. The van der Waals surface area contributed by atoms with Gasteiger partial charge in [-0.1, -0.05) is 13.8 Å². The number of ether oxygens (including phenoxy) is 1. The number of hydrogen-bond acceptors (Lipinski definition) is 3. The van der Waals surface area contributed by atoms with Gasteiger partial charge in [-0.2, -0.15) is 11.8 Å². The lowest BCUT2D eigenvalue weighted by molar-refractivity contribution is -0.102. The molecule has 0 aromatic heterocycles. The van der Waals surface area contributed by atoms with Crippen molar-refractivity contribution in [2.24, 2.45) is 23.2 Å². The zero-order valence-corrected chi connectivity index (χ0v) is 14.9. The molecule has 4 unspecified atom stereocenters. The van der Waals surface area contributed by atoms with Gasteiger partial charge in [0, 0.05) is 12.4 Å². The van der Waals surface area contributed by atoms with Crippen LogP contribution in [-0.4, -0.2) is 37.3 Å². The summed E-state index contributed by atoms with van der Waals surface area (Å²) in [6, 6.07) is 0. The summed E-state index contributed by atoms with van der Waals surface area (Å²) >= 11 is 2.10. The fraction of sp³-hybridized carbons (Fsp3) is 1.00. The molecule has 2 heterocycles. The van der Waals surface area contributed by atoms with Gasteiger partial charge in [-0.25, -0.2) is 0 Å². The van der Waals surface area contributed by atoms with Crippen molar-refractivity contribution in [3.05, 3.63) is 0 Å². The topological polar surface area (TPSA) is 21.3 Å². The van der Waals surface area contributed by atoms with E-state index in [2.05, 4.69) is 38.0 Å². The Morgan fingerprint density at radius 1 is 1.19 bits per heavy atom. The van der Waals surface area contributed by atoms with Gasteiger partial charge in [-0.15, -0.1) is 0 Å². The Kier molecular flexibility index (Phi) is 4.93. The second kappa shape index (κ2) is 6.41. The van der Waals surface area contributed by atoms with Crippen molar-refractivity contribution < 1.29 is 4.74 Å². The van der Waals surface area contributed by atoms with Gasteiger partial charge < -0.3 is 10.1 Å². The third-order valence-corrected chi connectivity index (χ3v) is 7.48. The molecule has 0 amide bonds. The molecule has 3 rings (SSSR count). The van der Waals surface area contributed by atoms with Crippen molar-refractivity contribution in [2.45, 2.75) is 58.0 Å². The number of rotatable bonds is 3. The highest BCUT2D eigenvalue weighted by Crippen LogP contribution is 2.50. The normalized spacial score (nSPS) is 43.3. The Bertz CT molecular complexity index is 351. The fourth-order valence-electron chi connectivity index (χ4n) is 5.06. The molecule has 0 aromatic carbocycles. The molecule has 2 nitrogen and oxygen atoms in total. The van der Waals surface area contributed by atoms with E-state index in [9.17, 15) is 0 Å². The Labute approximate surface area is 135 Å². The summed E-state index contributed by atoms with van der Waals surface area (Å²) in [5, 5.41) is 3.46. The van der Waals surface area contributed by atoms with Gasteiger partial charge in [-0.3, -0.25) is 0 Å². The van der Waals surface area contributed by atoms with Crippen LogP contribution in [0.2, 0.25) is 0 Å². The minimum absolute atomic E-state index is 0.249. The maximum atomic E-state index is 6.26. The second-order valence-electron chi connectivity index (χ2n) is 8.48. The largest absolute Gasteiger partial charge is 0.374 e. The number of hydrogen-bond donors (Lipinski definition) is 1. The fourth-order valence-corrected chi connectivity index (χ4v) is 6.44. The van der Waals surface area contributed by atoms with E-state index in [0.29, 0.717) is 5.41 Å². The van der Waals surface area contributed by atoms with Crippen LogP contribution in [0.3, 0.4) is 0 Å². The predicted octanol–water partition coefficient (Wildman–Crippen LogP) is 3.95. The maximum absolute atomic E-state index is 6.26. The highest BCUT2D eigenvalue weighted by Gasteiger charge is 2.46. The zero-order chi connectivity index (χ0) is 14.9. The highest BCUT2D eigenvalue weighted by atomic mass is 32.2. The van der Waals surface area contributed by atoms with Gasteiger partial charge in [0.15, 0.2) is 0 Å². The van der Waals surface area contributed by atoms with Crippen LogP contribution >= 0.6 is 11.8 Å². The van der Waals surface area contributed by atoms with E-state index in [0.717, 1.165) is 24.4 Å². The molecule has 2 saturated heterocycles. The maximum Gasteiger partial charge on any atom is 0.0783 e. The van der Waals surface area contributed by atoms with Gasteiger partial charge in [0.05, 0.1) is 5.60 Å². The van der Waals surface area contributed by atoms with Crippen molar-refractivity contribution in [2.75, 3.05) is 31.7 Å². The summed E-state index contributed by atoms with van der Waals surface area (Å²) in [5.41, 5.74) is 0.796. The van der Waals surface area contributed by atoms with Gasteiger partial charge in [0.1, 0.15) is 0 Å². The average Bonchev–Trinajstić information content (AvgIpc) is 2.89. The van der Waals surface area contributed by atoms with Crippen LogP contribution in [0.1, 0.15) is 52.4 Å². The lowest BCUT2D eigenvalue weighted by Gasteiger charge is -2.48. The lowest BCUT2D eigenvalue weighted by Crippen LogP contribution is -2.46. The molecule has 3 aliphatic rings. The van der Waals surface area contributed by atoms with E-state index < -0.39 is 0 Å². The molecule has 0 aromatic rings. The Hall–Kier alpha value is 0.270. The van der Waals surface area contributed by atoms with Gasteiger partial charge >= 0.3 is 0 Å². The summed E-state index contributed by atoms with van der Waals surface area (Å²) in [7, 11) is 2.12. The molecule has 3 heteroatoms. The van der Waals surface area contributed by atoms with E-state index in [1.54, 1.807) is 0 Å². The zero-order valence-electron chi connectivity index (χ0n) is 14.1. The van der Waals surface area contributed by atoms with Gasteiger partial charge in [0.25, 0.3) is 0 Å².